The van der Waals surface area contributed by atoms with Crippen LogP contribution < -0.4 is 19.7 Å². The maximum absolute atomic E-state index is 13.5. The summed E-state index contributed by atoms with van der Waals surface area (Å²) in [7, 11) is 0. The van der Waals surface area contributed by atoms with Crippen LogP contribution in [-0.4, -0.2) is 25.0 Å². The van der Waals surface area contributed by atoms with Crippen LogP contribution in [0.25, 0.3) is 0 Å². The van der Waals surface area contributed by atoms with E-state index in [-0.39, 0.29) is 18.4 Å². The van der Waals surface area contributed by atoms with Crippen molar-refractivity contribution in [1.29, 1.82) is 0 Å². The van der Waals surface area contributed by atoms with Gasteiger partial charge in [-0.3, -0.25) is 14.5 Å². The second-order valence-corrected chi connectivity index (χ2v) is 8.79. The molecule has 186 valence electrons. The van der Waals surface area contributed by atoms with Crippen molar-refractivity contribution in [2.45, 2.75) is 19.1 Å². The molecule has 4 aromatic carbocycles. The van der Waals surface area contributed by atoms with Gasteiger partial charge in [-0.2, -0.15) is 0 Å². The predicted molar refractivity (Wildman–Crippen MR) is 143 cm³/mol. The molecule has 1 unspecified atom stereocenters. The lowest BCUT2D eigenvalue weighted by Crippen LogP contribution is -2.47. The average Bonchev–Trinajstić information content (AvgIpc) is 2.95. The molecule has 0 radical (unpaired) electrons. The monoisotopic (exact) mass is 492 g/mol. The summed E-state index contributed by atoms with van der Waals surface area (Å²) < 4.78 is 11.4. The van der Waals surface area contributed by atoms with E-state index in [9.17, 15) is 9.59 Å². The van der Waals surface area contributed by atoms with Crippen molar-refractivity contribution < 1.29 is 19.1 Å². The number of carbonyl (C=O) groups is 2. The number of benzene rings is 4. The molecule has 6 nitrogen and oxygen atoms in total. The summed E-state index contributed by atoms with van der Waals surface area (Å²) in [5.41, 5.74) is 3.53. The summed E-state index contributed by atoms with van der Waals surface area (Å²) in [6, 6.07) is 33.8. The van der Waals surface area contributed by atoms with Crippen molar-refractivity contribution in [1.82, 2.24) is 5.32 Å². The molecule has 1 atom stereocenters. The van der Waals surface area contributed by atoms with E-state index in [1.807, 2.05) is 103 Å². The summed E-state index contributed by atoms with van der Waals surface area (Å²) in [6.07, 6.45) is 0.653. The van der Waals surface area contributed by atoms with Gasteiger partial charge in [0.2, 0.25) is 5.91 Å². The maximum atomic E-state index is 13.5. The molecule has 1 aliphatic heterocycles. The number of carbonyl (C=O) groups excluding carboxylic acids is 2. The van der Waals surface area contributed by atoms with Crippen LogP contribution in [0.4, 0.5) is 5.69 Å². The molecule has 1 heterocycles. The molecule has 0 aromatic heterocycles. The number of nitrogens with one attached hydrogen (secondary N) is 1. The normalized spacial score (nSPS) is 13.3. The lowest BCUT2D eigenvalue weighted by Gasteiger charge is -2.35. The molecule has 0 bridgehead atoms. The van der Waals surface area contributed by atoms with Gasteiger partial charge in [0.25, 0.3) is 5.91 Å². The fourth-order valence-electron chi connectivity index (χ4n) is 4.38. The zero-order valence-corrected chi connectivity index (χ0v) is 20.4. The van der Waals surface area contributed by atoms with Gasteiger partial charge in [0.05, 0.1) is 5.69 Å². The van der Waals surface area contributed by atoms with Gasteiger partial charge in [0.15, 0.2) is 6.61 Å². The van der Waals surface area contributed by atoms with E-state index in [1.165, 1.54) is 0 Å². The molecule has 0 spiro atoms. The number of ether oxygens (including phenoxy) is 2. The molecule has 2 amide bonds. The average molecular weight is 493 g/mol. The number of hydrogen-bond acceptors (Lipinski definition) is 4. The van der Waals surface area contributed by atoms with E-state index in [2.05, 4.69) is 5.32 Å². The largest absolute Gasteiger partial charge is 0.489 e. The number of rotatable bonds is 9. The van der Waals surface area contributed by atoms with Gasteiger partial charge in [-0.15, -0.1) is 0 Å². The predicted octanol–water partition coefficient (Wildman–Crippen LogP) is 5.09. The third kappa shape index (κ3) is 5.81. The van der Waals surface area contributed by atoms with Crippen LogP contribution in [0.2, 0.25) is 0 Å². The number of hydrogen-bond donors (Lipinski definition) is 1. The van der Waals surface area contributed by atoms with Crippen LogP contribution in [0.15, 0.2) is 109 Å². The van der Waals surface area contributed by atoms with E-state index >= 15 is 0 Å². The van der Waals surface area contributed by atoms with Crippen LogP contribution in [0, 0.1) is 0 Å². The molecule has 0 saturated heterocycles. The Morgan fingerprint density at radius 2 is 1.51 bits per heavy atom. The molecule has 1 aliphatic rings. The fourth-order valence-corrected chi connectivity index (χ4v) is 4.38. The zero-order valence-electron chi connectivity index (χ0n) is 20.4. The SMILES string of the molecule is O=C(NCCc1ccc(OCc2ccccc2)cc1)C(c1ccccc1)N1C(=O)COc2ccccc21. The van der Waals surface area contributed by atoms with Gasteiger partial charge in [0, 0.05) is 6.54 Å². The lowest BCUT2D eigenvalue weighted by molar-refractivity contribution is -0.128. The van der Waals surface area contributed by atoms with E-state index in [1.54, 1.807) is 11.0 Å². The van der Waals surface area contributed by atoms with Crippen LogP contribution >= 0.6 is 0 Å². The van der Waals surface area contributed by atoms with Crippen LogP contribution in [0.1, 0.15) is 22.7 Å². The Labute approximate surface area is 216 Å². The maximum Gasteiger partial charge on any atom is 0.266 e. The second kappa shape index (κ2) is 11.4. The number of amides is 2. The highest BCUT2D eigenvalue weighted by molar-refractivity contribution is 6.04. The summed E-state index contributed by atoms with van der Waals surface area (Å²) >= 11 is 0. The van der Waals surface area contributed by atoms with Crippen molar-refractivity contribution in [3.63, 3.8) is 0 Å². The number of anilines is 1. The van der Waals surface area contributed by atoms with Gasteiger partial charge < -0.3 is 14.8 Å². The Hall–Kier alpha value is -4.58. The molecule has 5 rings (SSSR count). The van der Waals surface area contributed by atoms with Gasteiger partial charge in [-0.25, -0.2) is 0 Å². The Morgan fingerprint density at radius 3 is 2.27 bits per heavy atom. The minimum absolute atomic E-state index is 0.105. The minimum atomic E-state index is -0.799. The zero-order chi connectivity index (χ0) is 25.5. The first kappa shape index (κ1) is 24.1. The first-order chi connectivity index (χ1) is 18.2. The first-order valence-electron chi connectivity index (χ1n) is 12.3. The first-order valence-corrected chi connectivity index (χ1v) is 12.3. The summed E-state index contributed by atoms with van der Waals surface area (Å²) in [5, 5.41) is 3.03. The van der Waals surface area contributed by atoms with Gasteiger partial charge in [0.1, 0.15) is 24.1 Å². The van der Waals surface area contributed by atoms with Crippen molar-refractivity contribution >= 4 is 17.5 Å². The molecule has 1 N–H and O–H groups in total. The lowest BCUT2D eigenvalue weighted by atomic mass is 10.0. The molecule has 0 saturated carbocycles. The molecule has 37 heavy (non-hydrogen) atoms. The highest BCUT2D eigenvalue weighted by Crippen LogP contribution is 2.37. The van der Waals surface area contributed by atoms with Gasteiger partial charge in [-0.1, -0.05) is 84.9 Å². The number of para-hydroxylation sites is 2. The van der Waals surface area contributed by atoms with Crippen molar-refractivity contribution in [3.05, 3.63) is 126 Å². The summed E-state index contributed by atoms with van der Waals surface area (Å²) in [5.74, 6) is 0.892. The highest BCUT2D eigenvalue weighted by Gasteiger charge is 2.36. The summed E-state index contributed by atoms with van der Waals surface area (Å²) in [4.78, 5) is 28.0. The van der Waals surface area contributed by atoms with Gasteiger partial charge in [-0.05, 0) is 47.4 Å². The number of fused-ring (bicyclic) bond motifs is 1. The Kier molecular flexibility index (Phi) is 7.46. The molecule has 0 fully saturated rings. The smallest absolute Gasteiger partial charge is 0.266 e. The minimum Gasteiger partial charge on any atom is -0.489 e. The Bertz CT molecular complexity index is 1340. The standard InChI is InChI=1S/C31H28N2O4/c34-29-22-37-28-14-8-7-13-27(28)33(29)30(25-11-5-2-6-12-25)31(35)32-20-19-23-15-17-26(18-16-23)36-21-24-9-3-1-4-10-24/h1-18,30H,19-22H2,(H,32,35). The van der Waals surface area contributed by atoms with E-state index < -0.39 is 6.04 Å². The van der Waals surface area contributed by atoms with Crippen molar-refractivity contribution in [2.75, 3.05) is 18.1 Å². The molecular formula is C31H28N2O4. The Morgan fingerprint density at radius 1 is 0.838 bits per heavy atom. The van der Waals surface area contributed by atoms with E-state index in [0.717, 1.165) is 22.4 Å². The van der Waals surface area contributed by atoms with E-state index in [4.69, 9.17) is 9.47 Å². The van der Waals surface area contributed by atoms with Crippen LogP contribution in [0.5, 0.6) is 11.5 Å². The summed E-state index contributed by atoms with van der Waals surface area (Å²) in [6.45, 7) is 0.847. The molecule has 6 heteroatoms. The third-order valence-electron chi connectivity index (χ3n) is 6.25. The number of nitrogens with zero attached hydrogens (tertiary/aromatic N) is 1. The second-order valence-electron chi connectivity index (χ2n) is 8.79. The molecular weight excluding hydrogens is 464 g/mol. The highest BCUT2D eigenvalue weighted by atomic mass is 16.5. The quantitative estimate of drug-likeness (QED) is 0.353. The fraction of sp³-hybridized carbons (Fsp3) is 0.161. The van der Waals surface area contributed by atoms with Gasteiger partial charge >= 0.3 is 0 Å². The molecule has 0 aliphatic carbocycles. The topological polar surface area (TPSA) is 67.9 Å². The van der Waals surface area contributed by atoms with Crippen LogP contribution in [0.3, 0.4) is 0 Å². The van der Waals surface area contributed by atoms with Crippen LogP contribution in [-0.2, 0) is 22.6 Å². The van der Waals surface area contributed by atoms with Crippen molar-refractivity contribution in [3.8, 4) is 11.5 Å². The van der Waals surface area contributed by atoms with Crippen molar-refractivity contribution in [2.24, 2.45) is 0 Å². The van der Waals surface area contributed by atoms with E-state index in [0.29, 0.717) is 31.0 Å². The Balaban J connectivity index is 1.24. The molecule has 4 aromatic rings. The third-order valence-corrected chi connectivity index (χ3v) is 6.25.